The number of nitrogens with one attached hydrogen (secondary N) is 1. The molecule has 2 saturated heterocycles. The number of aromatic nitrogens is 3. The molecule has 0 saturated carbocycles. The maximum absolute atomic E-state index is 13.6. The molecule has 242 valence electrons. The lowest BCUT2D eigenvalue weighted by Gasteiger charge is -2.33. The molecular formula is C30H35F3N6O6. The van der Waals surface area contributed by atoms with Gasteiger partial charge in [-0.25, -0.2) is 14.8 Å². The van der Waals surface area contributed by atoms with Crippen LogP contribution < -0.4 is 20.5 Å². The minimum atomic E-state index is -4.97. The number of piperidine rings is 1. The van der Waals surface area contributed by atoms with Crippen LogP contribution in [0.1, 0.15) is 56.4 Å². The minimum Gasteiger partial charge on any atom is -0.444 e. The second-order valence-corrected chi connectivity index (χ2v) is 12.0. The van der Waals surface area contributed by atoms with E-state index in [4.69, 9.17) is 9.47 Å². The number of ether oxygens (including phenoxy) is 3. The van der Waals surface area contributed by atoms with E-state index in [0.717, 1.165) is 37.3 Å². The van der Waals surface area contributed by atoms with E-state index in [1.54, 1.807) is 38.6 Å². The van der Waals surface area contributed by atoms with Gasteiger partial charge in [0.2, 0.25) is 0 Å². The summed E-state index contributed by atoms with van der Waals surface area (Å²) < 4.78 is 54.9. The van der Waals surface area contributed by atoms with E-state index in [1.165, 1.54) is 17.2 Å². The highest BCUT2D eigenvalue weighted by Gasteiger charge is 2.33. The van der Waals surface area contributed by atoms with Crippen molar-refractivity contribution in [3.63, 3.8) is 0 Å². The molecule has 4 heterocycles. The van der Waals surface area contributed by atoms with Crippen molar-refractivity contribution in [1.82, 2.24) is 19.4 Å². The molecule has 5 rings (SSSR count). The molecule has 2 amide bonds. The van der Waals surface area contributed by atoms with E-state index in [-0.39, 0.29) is 42.0 Å². The van der Waals surface area contributed by atoms with Crippen molar-refractivity contribution < 1.29 is 37.0 Å². The van der Waals surface area contributed by atoms with Crippen LogP contribution in [0.4, 0.5) is 29.3 Å². The molecule has 1 aromatic carbocycles. The molecule has 2 fully saturated rings. The summed E-state index contributed by atoms with van der Waals surface area (Å²) >= 11 is 0. The van der Waals surface area contributed by atoms with Gasteiger partial charge in [0.25, 0.3) is 11.5 Å². The molecule has 3 aromatic rings. The number of alkyl halides is 3. The van der Waals surface area contributed by atoms with Gasteiger partial charge in [-0.1, -0.05) is 0 Å². The fourth-order valence-electron chi connectivity index (χ4n) is 5.61. The maximum Gasteiger partial charge on any atom is 0.573 e. The molecule has 45 heavy (non-hydrogen) atoms. The number of likely N-dealkylation sites (tertiary alicyclic amines) is 1. The van der Waals surface area contributed by atoms with Crippen molar-refractivity contribution >= 4 is 34.5 Å². The molecule has 2 aromatic heterocycles. The third kappa shape index (κ3) is 7.64. The van der Waals surface area contributed by atoms with Crippen LogP contribution in [-0.4, -0.2) is 82.8 Å². The summed E-state index contributed by atoms with van der Waals surface area (Å²) in [5.41, 5.74) is 0.493. The molecular weight excluding hydrogens is 597 g/mol. The summed E-state index contributed by atoms with van der Waals surface area (Å²) in [6, 6.07) is 4.74. The highest BCUT2D eigenvalue weighted by atomic mass is 19.4. The number of carbonyl (C=O) groups is 2. The van der Waals surface area contributed by atoms with E-state index in [0.29, 0.717) is 24.0 Å². The molecule has 0 spiro atoms. The van der Waals surface area contributed by atoms with Crippen LogP contribution in [0.15, 0.2) is 41.5 Å². The van der Waals surface area contributed by atoms with Crippen LogP contribution in [0, 0.1) is 0 Å². The predicted octanol–water partition coefficient (Wildman–Crippen LogP) is 4.74. The number of carbonyl (C=O) groups excluding carboxylic acids is 2. The van der Waals surface area contributed by atoms with Gasteiger partial charge in [0.1, 0.15) is 16.9 Å². The van der Waals surface area contributed by atoms with Crippen LogP contribution in [0.3, 0.4) is 0 Å². The Morgan fingerprint density at radius 1 is 1.00 bits per heavy atom. The summed E-state index contributed by atoms with van der Waals surface area (Å²) in [5.74, 6) is -1.11. The van der Waals surface area contributed by atoms with Crippen LogP contribution >= 0.6 is 0 Å². The molecule has 1 atom stereocenters. The van der Waals surface area contributed by atoms with Gasteiger partial charge in [0.15, 0.2) is 5.65 Å². The number of nitrogens with zero attached hydrogens (tertiary/aromatic N) is 5. The van der Waals surface area contributed by atoms with Gasteiger partial charge in [-0.05, 0) is 58.2 Å². The molecule has 15 heteroatoms. The Kier molecular flexibility index (Phi) is 8.92. The normalized spacial score (nSPS) is 17.9. The Bertz CT molecular complexity index is 1630. The molecule has 12 nitrogen and oxygen atoms in total. The standard InChI is InChI=1S/C30H35F3N6O6/c1-29(2,3)45-28(42)36-23-14-20(44-30(31,32)33)5-6-22(23)27(41)37-10-7-18(8-11-37)39-25(40)16-34-24-13-19(15-35-26(24)39)38-12-9-21(17-38)43-4/h5-6,13-16,18,21H,7-12,17H2,1-4H3,(H,36,42)/t21-/m1/s1. The van der Waals surface area contributed by atoms with E-state index in [9.17, 15) is 27.6 Å². The Hall–Kier alpha value is -4.40. The summed E-state index contributed by atoms with van der Waals surface area (Å²) in [6.07, 6.45) is -1.03. The number of fused-ring (bicyclic) bond motifs is 1. The van der Waals surface area contributed by atoms with Crippen LogP contribution in [-0.2, 0) is 9.47 Å². The first-order chi connectivity index (χ1) is 21.2. The van der Waals surface area contributed by atoms with Gasteiger partial charge < -0.3 is 24.0 Å². The van der Waals surface area contributed by atoms with E-state index in [2.05, 4.69) is 24.9 Å². The molecule has 2 aliphatic rings. The Morgan fingerprint density at radius 3 is 2.38 bits per heavy atom. The predicted molar refractivity (Wildman–Crippen MR) is 159 cm³/mol. The van der Waals surface area contributed by atoms with Crippen molar-refractivity contribution in [2.24, 2.45) is 0 Å². The van der Waals surface area contributed by atoms with Crippen LogP contribution in [0.5, 0.6) is 5.75 Å². The zero-order valence-corrected chi connectivity index (χ0v) is 25.4. The zero-order valence-electron chi connectivity index (χ0n) is 25.4. The lowest BCUT2D eigenvalue weighted by Crippen LogP contribution is -2.41. The van der Waals surface area contributed by atoms with E-state index in [1.807, 2.05) is 6.07 Å². The molecule has 0 bridgehead atoms. The first-order valence-electron chi connectivity index (χ1n) is 14.5. The van der Waals surface area contributed by atoms with Crippen molar-refractivity contribution in [3.8, 4) is 5.75 Å². The highest BCUT2D eigenvalue weighted by molar-refractivity contribution is 6.03. The molecule has 2 aliphatic heterocycles. The third-order valence-electron chi connectivity index (χ3n) is 7.66. The van der Waals surface area contributed by atoms with Gasteiger partial charge in [0.05, 0.1) is 35.4 Å². The SMILES string of the molecule is CO[C@@H]1CCN(c2cnc3c(c2)ncc(=O)n3C2CCN(C(=O)c3ccc(OC(F)(F)F)cc3NC(=O)OC(C)(C)C)CC2)C1. The van der Waals surface area contributed by atoms with Gasteiger partial charge in [-0.2, -0.15) is 0 Å². The fourth-order valence-corrected chi connectivity index (χ4v) is 5.61. The lowest BCUT2D eigenvalue weighted by molar-refractivity contribution is -0.274. The number of hydrogen-bond donors (Lipinski definition) is 1. The second-order valence-electron chi connectivity index (χ2n) is 12.0. The van der Waals surface area contributed by atoms with Crippen molar-refractivity contribution in [2.45, 2.75) is 64.1 Å². The monoisotopic (exact) mass is 632 g/mol. The number of hydrogen-bond acceptors (Lipinski definition) is 9. The van der Waals surface area contributed by atoms with Gasteiger partial charge in [0, 0.05) is 45.4 Å². The summed E-state index contributed by atoms with van der Waals surface area (Å²) in [7, 11) is 1.69. The Balaban J connectivity index is 1.33. The first-order valence-corrected chi connectivity index (χ1v) is 14.5. The van der Waals surface area contributed by atoms with Crippen molar-refractivity contribution in [1.29, 1.82) is 0 Å². The van der Waals surface area contributed by atoms with Gasteiger partial charge in [-0.3, -0.25) is 19.5 Å². The third-order valence-corrected chi connectivity index (χ3v) is 7.66. The average Bonchev–Trinajstić information content (AvgIpc) is 3.45. The van der Waals surface area contributed by atoms with Crippen molar-refractivity contribution in [3.05, 3.63) is 52.6 Å². The molecule has 0 radical (unpaired) electrons. The van der Waals surface area contributed by atoms with Gasteiger partial charge in [-0.15, -0.1) is 13.2 Å². The summed E-state index contributed by atoms with van der Waals surface area (Å²) in [6.45, 7) is 6.94. The number of anilines is 2. The smallest absolute Gasteiger partial charge is 0.444 e. The Labute approximate surface area is 257 Å². The molecule has 1 N–H and O–H groups in total. The van der Waals surface area contributed by atoms with Crippen LogP contribution in [0.2, 0.25) is 0 Å². The lowest BCUT2D eigenvalue weighted by atomic mass is 10.0. The summed E-state index contributed by atoms with van der Waals surface area (Å²) in [4.78, 5) is 51.6. The second kappa shape index (κ2) is 12.5. The number of benzene rings is 1. The largest absolute Gasteiger partial charge is 0.573 e. The summed E-state index contributed by atoms with van der Waals surface area (Å²) in [5, 5.41) is 2.38. The average molecular weight is 633 g/mol. The Morgan fingerprint density at radius 2 is 1.73 bits per heavy atom. The highest BCUT2D eigenvalue weighted by Crippen LogP contribution is 2.31. The fraction of sp³-hybridized carbons (Fsp3) is 0.500. The molecule has 0 unspecified atom stereocenters. The van der Waals surface area contributed by atoms with E-state index >= 15 is 0 Å². The van der Waals surface area contributed by atoms with Crippen molar-refractivity contribution in [2.75, 3.05) is 43.5 Å². The maximum atomic E-state index is 13.6. The number of halogens is 3. The minimum absolute atomic E-state index is 0.0350. The number of rotatable bonds is 6. The number of pyridine rings is 1. The van der Waals surface area contributed by atoms with Crippen LogP contribution in [0.25, 0.3) is 11.2 Å². The quantitative estimate of drug-likeness (QED) is 0.410. The first kappa shape index (κ1) is 32.0. The van der Waals surface area contributed by atoms with E-state index < -0.39 is 29.7 Å². The topological polar surface area (TPSA) is 128 Å². The number of methoxy groups -OCH3 is 1. The zero-order chi connectivity index (χ0) is 32.5. The molecule has 0 aliphatic carbocycles. The number of amides is 2. The van der Waals surface area contributed by atoms with Gasteiger partial charge >= 0.3 is 12.5 Å².